The Kier molecular flexibility index (Phi) is 9.49. The van der Waals surface area contributed by atoms with E-state index in [1.807, 2.05) is 0 Å². The van der Waals surface area contributed by atoms with Crippen molar-refractivity contribution in [3.63, 3.8) is 0 Å². The zero-order valence-electron chi connectivity index (χ0n) is 25.7. The highest BCUT2D eigenvalue weighted by atomic mass is 15.0. The Balaban J connectivity index is 3.79. The molecule has 1 saturated heterocycles. The highest BCUT2D eigenvalue weighted by molar-refractivity contribution is 5.10. The molecule has 2 unspecified atom stereocenters. The third-order valence-corrected chi connectivity index (χ3v) is 9.37. The van der Waals surface area contributed by atoms with Crippen LogP contribution < -0.4 is 10.6 Å². The Labute approximate surface area is 210 Å². The van der Waals surface area contributed by atoms with E-state index in [4.69, 9.17) is 0 Å². The summed E-state index contributed by atoms with van der Waals surface area (Å²) in [7, 11) is 0. The molecule has 0 spiro atoms. The summed E-state index contributed by atoms with van der Waals surface area (Å²) < 4.78 is 0. The van der Waals surface area contributed by atoms with E-state index in [0.29, 0.717) is 11.5 Å². The predicted octanol–water partition coefficient (Wildman–Crippen LogP) is 8.84. The average molecular weight is 465 g/mol. The molecule has 198 valence electrons. The van der Waals surface area contributed by atoms with Gasteiger partial charge < -0.3 is 10.6 Å². The van der Waals surface area contributed by atoms with Crippen LogP contribution in [-0.4, -0.2) is 24.7 Å². The summed E-state index contributed by atoms with van der Waals surface area (Å²) in [5.74, 6) is 0. The molecule has 0 bridgehead atoms. The molecule has 0 amide bonds. The second-order valence-electron chi connectivity index (χ2n) is 16.3. The lowest BCUT2D eigenvalue weighted by atomic mass is 9.42. The van der Waals surface area contributed by atoms with E-state index in [1.54, 1.807) is 0 Å². The lowest BCUT2D eigenvalue weighted by Crippen LogP contribution is -2.56. The van der Waals surface area contributed by atoms with E-state index in [9.17, 15) is 0 Å². The zero-order valence-corrected chi connectivity index (χ0v) is 25.7. The maximum atomic E-state index is 4.00. The summed E-state index contributed by atoms with van der Waals surface area (Å²) in [6.45, 7) is 39.7. The van der Waals surface area contributed by atoms with Gasteiger partial charge in [0.2, 0.25) is 0 Å². The largest absolute Gasteiger partial charge is 0.315 e. The van der Waals surface area contributed by atoms with Crippen molar-refractivity contribution in [2.24, 2.45) is 32.5 Å². The van der Waals surface area contributed by atoms with Gasteiger partial charge in [0.15, 0.2) is 0 Å². The topological polar surface area (TPSA) is 24.1 Å². The monoisotopic (exact) mass is 465 g/mol. The third kappa shape index (κ3) is 7.96. The molecule has 1 heterocycles. The minimum absolute atomic E-state index is 0.129. The summed E-state index contributed by atoms with van der Waals surface area (Å²) in [5.41, 5.74) is 1.67. The molecule has 2 N–H and O–H groups in total. The Morgan fingerprint density at radius 2 is 1.27 bits per heavy atom. The molecule has 2 heteroatoms. The van der Waals surface area contributed by atoms with Gasteiger partial charge in [-0.05, 0) is 91.9 Å². The van der Waals surface area contributed by atoms with Crippen molar-refractivity contribution < 1.29 is 0 Å². The first kappa shape index (κ1) is 31.0. The predicted molar refractivity (Wildman–Crippen MR) is 150 cm³/mol. The van der Waals surface area contributed by atoms with Crippen molar-refractivity contribution >= 4 is 0 Å². The van der Waals surface area contributed by atoms with Gasteiger partial charge in [-0.15, -0.1) is 0 Å². The smallest absolute Gasteiger partial charge is 0.0130 e. The van der Waals surface area contributed by atoms with Crippen LogP contribution in [0.5, 0.6) is 0 Å². The second-order valence-corrected chi connectivity index (χ2v) is 16.3. The quantitative estimate of drug-likeness (QED) is 0.356. The molecule has 2 atom stereocenters. The lowest BCUT2D eigenvalue weighted by molar-refractivity contribution is -0.134. The highest BCUT2D eigenvalue weighted by Gasteiger charge is 2.59. The van der Waals surface area contributed by atoms with Crippen LogP contribution in [0, 0.1) is 32.5 Å². The summed E-state index contributed by atoms with van der Waals surface area (Å²) in [6, 6.07) is 0.554. The van der Waals surface area contributed by atoms with Gasteiger partial charge >= 0.3 is 0 Å². The van der Waals surface area contributed by atoms with Gasteiger partial charge in [0.1, 0.15) is 0 Å². The molecule has 0 saturated carbocycles. The molecule has 33 heavy (non-hydrogen) atoms. The van der Waals surface area contributed by atoms with E-state index in [2.05, 4.69) is 114 Å². The van der Waals surface area contributed by atoms with E-state index in [0.717, 1.165) is 13.1 Å². The minimum atomic E-state index is 0.129. The van der Waals surface area contributed by atoms with Gasteiger partial charge in [-0.25, -0.2) is 0 Å². The molecule has 0 aromatic carbocycles. The fraction of sp³-hybridized carbons (Fsp3) is 1.00. The lowest BCUT2D eigenvalue weighted by Gasteiger charge is -2.63. The van der Waals surface area contributed by atoms with Gasteiger partial charge in [0.05, 0.1) is 0 Å². The Bertz CT molecular complexity index is 591. The fourth-order valence-electron chi connectivity index (χ4n) is 8.26. The maximum absolute atomic E-state index is 4.00. The first-order chi connectivity index (χ1) is 14.6. The molecule has 1 aliphatic heterocycles. The van der Waals surface area contributed by atoms with Gasteiger partial charge in [-0.3, -0.25) is 0 Å². The SMILES string of the molecule is CCNC(C)CC(C)(C)CC1(CC(C)(C)CC)C(C)(C)CC(C)(C)CNC(C)(C)CC1(C)C. The summed E-state index contributed by atoms with van der Waals surface area (Å²) >= 11 is 0. The van der Waals surface area contributed by atoms with Crippen LogP contribution in [0.25, 0.3) is 0 Å². The first-order valence-corrected chi connectivity index (χ1v) is 14.0. The van der Waals surface area contributed by atoms with Gasteiger partial charge in [-0.1, -0.05) is 89.5 Å². The molecule has 1 aliphatic rings. The van der Waals surface area contributed by atoms with Gasteiger partial charge in [0, 0.05) is 18.1 Å². The van der Waals surface area contributed by atoms with Crippen molar-refractivity contribution in [1.29, 1.82) is 0 Å². The van der Waals surface area contributed by atoms with Crippen LogP contribution in [0.4, 0.5) is 0 Å². The normalized spacial score (nSPS) is 28.5. The minimum Gasteiger partial charge on any atom is -0.315 e. The molecule has 2 nitrogen and oxygen atoms in total. The molecular weight excluding hydrogens is 400 g/mol. The van der Waals surface area contributed by atoms with Gasteiger partial charge in [-0.2, -0.15) is 0 Å². The summed E-state index contributed by atoms with van der Waals surface area (Å²) in [6.07, 6.45) is 7.50. The van der Waals surface area contributed by atoms with Crippen molar-refractivity contribution in [2.45, 2.75) is 154 Å². The number of hydrogen-bond donors (Lipinski definition) is 2. The van der Waals surface area contributed by atoms with Crippen molar-refractivity contribution in [1.82, 2.24) is 10.6 Å². The standard InChI is InChI=1S/C31H64N2/c1-16-25(4,5)20-31(21-26(6,7)18-24(3)32-17-2)28(10,11)19-27(8,9)23-33-30(14,15)22-29(31,12)13/h24,32-33H,16-23H2,1-15H3. The molecule has 0 aliphatic carbocycles. The van der Waals surface area contributed by atoms with Crippen LogP contribution >= 0.6 is 0 Å². The third-order valence-electron chi connectivity index (χ3n) is 9.37. The summed E-state index contributed by atoms with van der Waals surface area (Å²) in [4.78, 5) is 0. The van der Waals surface area contributed by atoms with Crippen molar-refractivity contribution in [3.05, 3.63) is 0 Å². The first-order valence-electron chi connectivity index (χ1n) is 14.0. The maximum Gasteiger partial charge on any atom is 0.0130 e. The van der Waals surface area contributed by atoms with E-state index in [-0.39, 0.29) is 32.6 Å². The molecular formula is C31H64N2. The molecule has 0 radical (unpaired) electrons. The van der Waals surface area contributed by atoms with E-state index in [1.165, 1.54) is 38.5 Å². The van der Waals surface area contributed by atoms with Crippen LogP contribution in [0.15, 0.2) is 0 Å². The van der Waals surface area contributed by atoms with Crippen LogP contribution in [-0.2, 0) is 0 Å². The Morgan fingerprint density at radius 3 is 1.76 bits per heavy atom. The Hall–Kier alpha value is -0.0800. The molecule has 0 aromatic heterocycles. The Morgan fingerprint density at radius 1 is 0.788 bits per heavy atom. The zero-order chi connectivity index (χ0) is 26.1. The van der Waals surface area contributed by atoms with Crippen LogP contribution in [0.1, 0.15) is 142 Å². The second kappa shape index (κ2) is 10.1. The number of nitrogens with one attached hydrogen (secondary N) is 2. The molecule has 1 rings (SSSR count). The highest BCUT2D eigenvalue weighted by Crippen LogP contribution is 2.67. The van der Waals surface area contributed by atoms with Crippen molar-refractivity contribution in [2.75, 3.05) is 13.1 Å². The summed E-state index contributed by atoms with van der Waals surface area (Å²) in [5, 5.41) is 7.70. The number of rotatable bonds is 9. The average Bonchev–Trinajstić information content (AvgIpc) is 2.57. The molecule has 1 fully saturated rings. The van der Waals surface area contributed by atoms with Crippen molar-refractivity contribution in [3.8, 4) is 0 Å². The van der Waals surface area contributed by atoms with Crippen LogP contribution in [0.3, 0.4) is 0 Å². The van der Waals surface area contributed by atoms with E-state index < -0.39 is 0 Å². The fourth-order valence-corrected chi connectivity index (χ4v) is 8.26. The molecule has 0 aromatic rings. The van der Waals surface area contributed by atoms with E-state index >= 15 is 0 Å². The number of hydrogen-bond acceptors (Lipinski definition) is 2. The van der Waals surface area contributed by atoms with Gasteiger partial charge in [0.25, 0.3) is 0 Å². The van der Waals surface area contributed by atoms with Crippen LogP contribution in [0.2, 0.25) is 0 Å².